The monoisotopic (exact) mass is 345 g/mol. The Hall–Kier alpha value is -2.53. The van der Waals surface area contributed by atoms with Crippen molar-refractivity contribution in [2.75, 3.05) is 7.05 Å². The molecular weight excluding hydrogens is 326 g/mol. The summed E-state index contributed by atoms with van der Waals surface area (Å²) in [5.41, 5.74) is 2.87. The fraction of sp³-hybridized carbons (Fsp3) is 0.222. The highest BCUT2D eigenvalue weighted by atomic mass is 35.5. The SMILES string of the molecule is CNC(=O)NCc1cccc(CNC(=O)Cc2ccc(Cl)cc2)c1. The van der Waals surface area contributed by atoms with E-state index >= 15 is 0 Å². The van der Waals surface area contributed by atoms with Crippen LogP contribution >= 0.6 is 11.6 Å². The van der Waals surface area contributed by atoms with Crippen molar-refractivity contribution in [3.05, 3.63) is 70.2 Å². The number of amides is 3. The molecule has 0 aliphatic rings. The normalized spacial score (nSPS) is 10.1. The molecule has 3 amide bonds. The Balaban J connectivity index is 1.83. The van der Waals surface area contributed by atoms with Crippen LogP contribution in [0.4, 0.5) is 4.79 Å². The van der Waals surface area contributed by atoms with Gasteiger partial charge in [-0.05, 0) is 28.8 Å². The molecule has 2 aromatic rings. The van der Waals surface area contributed by atoms with E-state index in [-0.39, 0.29) is 11.9 Å². The molecule has 0 radical (unpaired) electrons. The van der Waals surface area contributed by atoms with Crippen LogP contribution in [-0.4, -0.2) is 19.0 Å². The fourth-order valence-electron chi connectivity index (χ4n) is 2.17. The van der Waals surface area contributed by atoms with Crippen molar-refractivity contribution in [1.29, 1.82) is 0 Å². The van der Waals surface area contributed by atoms with Gasteiger partial charge in [-0.2, -0.15) is 0 Å². The largest absolute Gasteiger partial charge is 0.352 e. The number of benzene rings is 2. The van der Waals surface area contributed by atoms with Crippen LogP contribution in [0.1, 0.15) is 16.7 Å². The lowest BCUT2D eigenvalue weighted by Crippen LogP contribution is -2.32. The molecule has 0 fully saturated rings. The van der Waals surface area contributed by atoms with Crippen molar-refractivity contribution in [1.82, 2.24) is 16.0 Å². The maximum absolute atomic E-state index is 12.0. The molecule has 24 heavy (non-hydrogen) atoms. The van der Waals surface area contributed by atoms with Gasteiger partial charge in [0.15, 0.2) is 0 Å². The lowest BCUT2D eigenvalue weighted by Gasteiger charge is -2.08. The van der Waals surface area contributed by atoms with Crippen LogP contribution in [0, 0.1) is 0 Å². The van der Waals surface area contributed by atoms with Crippen LogP contribution in [0.25, 0.3) is 0 Å². The third-order valence-corrected chi connectivity index (χ3v) is 3.69. The van der Waals surface area contributed by atoms with Gasteiger partial charge in [-0.3, -0.25) is 4.79 Å². The van der Waals surface area contributed by atoms with E-state index in [0.29, 0.717) is 24.5 Å². The number of urea groups is 1. The maximum Gasteiger partial charge on any atom is 0.314 e. The van der Waals surface area contributed by atoms with Gasteiger partial charge < -0.3 is 16.0 Å². The molecule has 0 bridgehead atoms. The summed E-state index contributed by atoms with van der Waals surface area (Å²) < 4.78 is 0. The number of carbonyl (C=O) groups excluding carboxylic acids is 2. The smallest absolute Gasteiger partial charge is 0.314 e. The van der Waals surface area contributed by atoms with Gasteiger partial charge in [0.05, 0.1) is 6.42 Å². The minimum atomic E-state index is -0.225. The predicted octanol–water partition coefficient (Wildman–Crippen LogP) is 2.63. The Morgan fingerprint density at radius 3 is 2.17 bits per heavy atom. The average molecular weight is 346 g/mol. The zero-order chi connectivity index (χ0) is 17.4. The van der Waals surface area contributed by atoms with Crippen molar-refractivity contribution in [3.8, 4) is 0 Å². The van der Waals surface area contributed by atoms with E-state index in [0.717, 1.165) is 16.7 Å². The number of hydrogen-bond donors (Lipinski definition) is 3. The molecule has 0 saturated heterocycles. The van der Waals surface area contributed by atoms with Crippen molar-refractivity contribution in [3.63, 3.8) is 0 Å². The van der Waals surface area contributed by atoms with Gasteiger partial charge in [0, 0.05) is 25.2 Å². The molecule has 126 valence electrons. The summed E-state index contributed by atoms with van der Waals surface area (Å²) in [7, 11) is 1.57. The van der Waals surface area contributed by atoms with Gasteiger partial charge in [-0.25, -0.2) is 4.79 Å². The Morgan fingerprint density at radius 2 is 1.54 bits per heavy atom. The maximum atomic E-state index is 12.0. The standard InChI is InChI=1S/C18H20ClN3O2/c1-20-18(24)22-12-15-4-2-3-14(9-15)11-21-17(23)10-13-5-7-16(19)8-6-13/h2-9H,10-12H2,1H3,(H,21,23)(H2,20,22,24). The minimum Gasteiger partial charge on any atom is -0.352 e. The molecular formula is C18H20ClN3O2. The van der Waals surface area contributed by atoms with E-state index in [2.05, 4.69) is 16.0 Å². The van der Waals surface area contributed by atoms with Gasteiger partial charge >= 0.3 is 6.03 Å². The summed E-state index contributed by atoms with van der Waals surface area (Å²) in [6.45, 7) is 0.881. The lowest BCUT2D eigenvalue weighted by molar-refractivity contribution is -0.120. The molecule has 0 aliphatic heterocycles. The number of carbonyl (C=O) groups is 2. The minimum absolute atomic E-state index is 0.0498. The molecule has 3 N–H and O–H groups in total. The first-order valence-corrected chi connectivity index (χ1v) is 7.99. The first-order valence-electron chi connectivity index (χ1n) is 7.61. The quantitative estimate of drug-likeness (QED) is 0.753. The number of halogens is 1. The molecule has 0 atom stereocenters. The summed E-state index contributed by atoms with van der Waals surface area (Å²) in [6.07, 6.45) is 0.315. The first-order chi connectivity index (χ1) is 11.6. The van der Waals surface area contributed by atoms with E-state index in [1.165, 1.54) is 0 Å². The summed E-state index contributed by atoms with van der Waals surface area (Å²) >= 11 is 5.83. The molecule has 6 heteroatoms. The van der Waals surface area contributed by atoms with Crippen molar-refractivity contribution >= 4 is 23.5 Å². The highest BCUT2D eigenvalue weighted by molar-refractivity contribution is 6.30. The zero-order valence-electron chi connectivity index (χ0n) is 13.4. The van der Waals surface area contributed by atoms with E-state index in [4.69, 9.17) is 11.6 Å². The summed E-state index contributed by atoms with van der Waals surface area (Å²) in [6, 6.07) is 14.7. The number of rotatable bonds is 6. The second kappa shape index (κ2) is 8.93. The Labute approximate surface area is 146 Å². The Kier molecular flexibility index (Phi) is 6.63. The van der Waals surface area contributed by atoms with Gasteiger partial charge in [0.25, 0.3) is 0 Å². The van der Waals surface area contributed by atoms with Gasteiger partial charge in [0.1, 0.15) is 0 Å². The number of hydrogen-bond acceptors (Lipinski definition) is 2. The van der Waals surface area contributed by atoms with Crippen molar-refractivity contribution < 1.29 is 9.59 Å². The predicted molar refractivity (Wildman–Crippen MR) is 94.7 cm³/mol. The van der Waals surface area contributed by atoms with Gasteiger partial charge in [0.2, 0.25) is 5.91 Å². The highest BCUT2D eigenvalue weighted by Gasteiger charge is 2.04. The summed E-state index contributed by atoms with van der Waals surface area (Å²) in [5.74, 6) is -0.0498. The highest BCUT2D eigenvalue weighted by Crippen LogP contribution is 2.10. The third kappa shape index (κ3) is 5.93. The summed E-state index contributed by atoms with van der Waals surface area (Å²) in [5, 5.41) is 8.78. The zero-order valence-corrected chi connectivity index (χ0v) is 14.2. The Morgan fingerprint density at radius 1 is 0.917 bits per heavy atom. The van der Waals surface area contributed by atoms with Crippen LogP contribution in [0.3, 0.4) is 0 Å². The molecule has 0 aliphatic carbocycles. The van der Waals surface area contributed by atoms with Gasteiger partial charge in [-0.15, -0.1) is 0 Å². The molecule has 5 nitrogen and oxygen atoms in total. The van der Waals surface area contributed by atoms with Crippen LogP contribution in [0.15, 0.2) is 48.5 Å². The van der Waals surface area contributed by atoms with E-state index in [1.807, 2.05) is 36.4 Å². The first kappa shape index (κ1) is 17.8. The van der Waals surface area contributed by atoms with Crippen LogP contribution in [0.5, 0.6) is 0 Å². The summed E-state index contributed by atoms with van der Waals surface area (Å²) in [4.78, 5) is 23.2. The van der Waals surface area contributed by atoms with Crippen LogP contribution in [-0.2, 0) is 24.3 Å². The molecule has 0 aromatic heterocycles. The van der Waals surface area contributed by atoms with E-state index in [9.17, 15) is 9.59 Å². The second-order valence-corrected chi connectivity index (χ2v) is 5.77. The molecule has 0 unspecified atom stereocenters. The van der Waals surface area contributed by atoms with E-state index in [1.54, 1.807) is 19.2 Å². The van der Waals surface area contributed by atoms with Crippen molar-refractivity contribution in [2.24, 2.45) is 0 Å². The molecule has 2 rings (SSSR count). The molecule has 0 heterocycles. The molecule has 0 saturated carbocycles. The van der Waals surface area contributed by atoms with Crippen LogP contribution in [0.2, 0.25) is 5.02 Å². The molecule has 2 aromatic carbocycles. The average Bonchev–Trinajstić information content (AvgIpc) is 2.60. The topological polar surface area (TPSA) is 70.2 Å². The Bertz CT molecular complexity index is 702. The van der Waals surface area contributed by atoms with E-state index < -0.39 is 0 Å². The third-order valence-electron chi connectivity index (χ3n) is 3.44. The number of nitrogens with one attached hydrogen (secondary N) is 3. The lowest BCUT2D eigenvalue weighted by atomic mass is 10.1. The molecule has 0 spiro atoms. The fourth-order valence-corrected chi connectivity index (χ4v) is 2.30. The van der Waals surface area contributed by atoms with Crippen molar-refractivity contribution in [2.45, 2.75) is 19.5 Å². The second-order valence-electron chi connectivity index (χ2n) is 5.33. The van der Waals surface area contributed by atoms with Gasteiger partial charge in [-0.1, -0.05) is 48.0 Å². The van der Waals surface area contributed by atoms with Crippen LogP contribution < -0.4 is 16.0 Å².